The number of aliphatic hydroxyl groups is 2. The van der Waals surface area contributed by atoms with Gasteiger partial charge in [0.1, 0.15) is 0 Å². The predicted molar refractivity (Wildman–Crippen MR) is 116 cm³/mol. The summed E-state index contributed by atoms with van der Waals surface area (Å²) in [4.78, 5) is 20.8. The molecule has 45 heavy (non-hydrogen) atoms. The molecule has 0 saturated carbocycles. The molecule has 0 aromatic rings. The molecule has 0 unspecified atom stereocenters. The van der Waals surface area contributed by atoms with Gasteiger partial charge >= 0.3 is 47.9 Å². The van der Waals surface area contributed by atoms with Crippen molar-refractivity contribution in [1.82, 2.24) is 0 Å². The lowest BCUT2D eigenvalue weighted by atomic mass is 10.0. The van der Waals surface area contributed by atoms with Crippen molar-refractivity contribution >= 4 is 11.6 Å². The highest BCUT2D eigenvalue weighted by Gasteiger charge is 2.82. The third-order valence-corrected chi connectivity index (χ3v) is 4.71. The number of halogens is 18. The number of rotatable bonds is 16. The molecular weight excluding hydrogens is 686 g/mol. The number of aliphatic hydroxyl groups excluding tert-OH is 2. The number of hydrogen-bond acceptors (Lipinski definition) is 5. The van der Waals surface area contributed by atoms with Crippen molar-refractivity contribution in [2.24, 2.45) is 0 Å². The van der Waals surface area contributed by atoms with Crippen molar-refractivity contribution in [2.45, 2.75) is 73.6 Å². The van der Waals surface area contributed by atoms with Crippen LogP contribution in [0.4, 0.5) is 79.0 Å². The first-order valence-corrected chi connectivity index (χ1v) is 11.3. The summed E-state index contributed by atoms with van der Waals surface area (Å²) in [5, 5.41) is 16.0. The first-order chi connectivity index (χ1) is 19.8. The van der Waals surface area contributed by atoms with E-state index in [2.05, 4.69) is 17.9 Å². The van der Waals surface area contributed by atoms with Gasteiger partial charge in [0, 0.05) is 32.3 Å². The van der Waals surface area contributed by atoms with Gasteiger partial charge in [0.05, 0.1) is 19.8 Å². The summed E-state index contributed by atoms with van der Waals surface area (Å²) < 4.78 is 224. The maximum atomic E-state index is 13.0. The van der Waals surface area contributed by atoms with Crippen LogP contribution in [0.15, 0.2) is 25.3 Å². The number of alkyl halides is 18. The van der Waals surface area contributed by atoms with Crippen molar-refractivity contribution in [1.29, 1.82) is 0 Å². The lowest BCUT2D eigenvalue weighted by Crippen LogP contribution is -2.61. The van der Waals surface area contributed by atoms with Crippen LogP contribution in [0.1, 0.15) is 25.7 Å². The van der Waals surface area contributed by atoms with Crippen LogP contribution in [0.5, 0.6) is 0 Å². The Morgan fingerprint density at radius 1 is 0.511 bits per heavy atom. The second-order valence-electron chi connectivity index (χ2n) is 8.10. The second kappa shape index (κ2) is 17.4. The molecule has 0 heterocycles. The fourth-order valence-corrected chi connectivity index (χ4v) is 2.06. The van der Waals surface area contributed by atoms with Gasteiger partial charge in [-0.15, -0.1) is 0 Å². The Morgan fingerprint density at radius 2 is 0.844 bits per heavy atom. The molecule has 2 N–H and O–H groups in total. The molecule has 0 amide bonds. The molecule has 5 nitrogen and oxygen atoms in total. The fraction of sp³-hybridized carbons (Fsp3) is 0.727. The quantitative estimate of drug-likeness (QED) is 0.103. The predicted octanol–water partition coefficient (Wildman–Crippen LogP) is 6.97. The average Bonchev–Trinajstić information content (AvgIpc) is 2.87. The molecule has 0 aromatic heterocycles. The van der Waals surface area contributed by atoms with Crippen molar-refractivity contribution in [2.75, 3.05) is 26.4 Å². The monoisotopic (exact) mass is 710 g/mol. The van der Waals surface area contributed by atoms with Gasteiger partial charge in [0.15, 0.2) is 11.6 Å². The van der Waals surface area contributed by atoms with Crippen LogP contribution < -0.4 is 0 Å². The summed E-state index contributed by atoms with van der Waals surface area (Å²) in [6, 6.07) is 0. The molecule has 0 saturated heterocycles. The minimum absolute atomic E-state index is 0.0785. The van der Waals surface area contributed by atoms with Crippen molar-refractivity contribution in [3.8, 4) is 0 Å². The molecule has 0 aliphatic rings. The van der Waals surface area contributed by atoms with E-state index in [0.717, 1.165) is 6.08 Å². The van der Waals surface area contributed by atoms with E-state index >= 15 is 0 Å². The lowest BCUT2D eigenvalue weighted by molar-refractivity contribution is -0.397. The SMILES string of the molecule is C=CC(=O)CCO.C=CC(=O)CCOCCC(F)(F)C(F)(F)C(F)(F)C(F)(F)F.OCCC(F)(F)C(F)(F)C(F)(F)C(F)(F)F. The number of carbonyl (C=O) groups is 2. The minimum Gasteiger partial charge on any atom is -0.396 e. The van der Waals surface area contributed by atoms with Crippen LogP contribution in [0.2, 0.25) is 0 Å². The number of hydrogen-bond donors (Lipinski definition) is 2. The van der Waals surface area contributed by atoms with E-state index in [1.54, 1.807) is 0 Å². The van der Waals surface area contributed by atoms with Gasteiger partial charge in [-0.2, -0.15) is 79.0 Å². The number of ketones is 2. The topological polar surface area (TPSA) is 83.8 Å². The maximum Gasteiger partial charge on any atom is 0.460 e. The number of ether oxygens (including phenoxy) is 1. The van der Waals surface area contributed by atoms with Gasteiger partial charge in [-0.3, -0.25) is 9.59 Å². The van der Waals surface area contributed by atoms with Crippen LogP contribution in [0.3, 0.4) is 0 Å². The molecule has 268 valence electrons. The highest BCUT2D eigenvalue weighted by atomic mass is 19.4. The van der Waals surface area contributed by atoms with E-state index in [-0.39, 0.29) is 25.2 Å². The summed E-state index contributed by atoms with van der Waals surface area (Å²) in [5.41, 5.74) is 0. The van der Waals surface area contributed by atoms with Crippen LogP contribution in [0, 0.1) is 0 Å². The van der Waals surface area contributed by atoms with E-state index in [0.29, 0.717) is 0 Å². The summed E-state index contributed by atoms with van der Waals surface area (Å²) in [6.07, 6.45) is -16.0. The molecular formula is C22H24F18O5. The summed E-state index contributed by atoms with van der Waals surface area (Å²) in [5.74, 6) is -39.0. The normalized spacial score (nSPS) is 13.6. The Hall–Kier alpha value is -2.56. The first-order valence-electron chi connectivity index (χ1n) is 11.3. The van der Waals surface area contributed by atoms with Gasteiger partial charge < -0.3 is 14.9 Å². The first kappa shape index (κ1) is 46.9. The Bertz CT molecular complexity index is 942. The van der Waals surface area contributed by atoms with E-state index in [9.17, 15) is 88.6 Å². The van der Waals surface area contributed by atoms with Gasteiger partial charge in [-0.05, 0) is 12.2 Å². The van der Waals surface area contributed by atoms with Crippen molar-refractivity contribution in [3.63, 3.8) is 0 Å². The maximum absolute atomic E-state index is 13.0. The molecule has 0 spiro atoms. The number of allylic oxidation sites excluding steroid dienone is 2. The van der Waals surface area contributed by atoms with Crippen LogP contribution >= 0.6 is 0 Å². The smallest absolute Gasteiger partial charge is 0.396 e. The molecule has 0 atom stereocenters. The zero-order valence-electron chi connectivity index (χ0n) is 22.1. The molecule has 0 aliphatic carbocycles. The third-order valence-electron chi connectivity index (χ3n) is 4.71. The average molecular weight is 710 g/mol. The van der Waals surface area contributed by atoms with Crippen LogP contribution in [-0.2, 0) is 14.3 Å². The molecule has 0 bridgehead atoms. The molecule has 0 radical (unpaired) electrons. The Morgan fingerprint density at radius 3 is 1.11 bits per heavy atom. The van der Waals surface area contributed by atoms with Crippen LogP contribution in [-0.4, -0.2) is 96.1 Å². The van der Waals surface area contributed by atoms with E-state index < -0.39 is 86.3 Å². The van der Waals surface area contributed by atoms with Crippen molar-refractivity contribution < 1.29 is 104 Å². The van der Waals surface area contributed by atoms with E-state index in [4.69, 9.17) is 10.2 Å². The van der Waals surface area contributed by atoms with Gasteiger partial charge in [0.25, 0.3) is 0 Å². The third kappa shape index (κ3) is 12.6. The molecule has 0 aliphatic heterocycles. The highest BCUT2D eigenvalue weighted by molar-refractivity contribution is 5.89. The van der Waals surface area contributed by atoms with Gasteiger partial charge in [-0.25, -0.2) is 0 Å². The van der Waals surface area contributed by atoms with Gasteiger partial charge in [-0.1, -0.05) is 13.2 Å². The van der Waals surface area contributed by atoms with E-state index in [1.165, 1.54) is 6.08 Å². The van der Waals surface area contributed by atoms with Crippen molar-refractivity contribution in [3.05, 3.63) is 25.3 Å². The highest BCUT2D eigenvalue weighted by Crippen LogP contribution is 2.55. The summed E-state index contributed by atoms with van der Waals surface area (Å²) in [7, 11) is 0. The molecule has 23 heteroatoms. The Kier molecular flexibility index (Phi) is 18.1. The largest absolute Gasteiger partial charge is 0.460 e. The van der Waals surface area contributed by atoms with E-state index in [1.807, 2.05) is 0 Å². The summed E-state index contributed by atoms with van der Waals surface area (Å²) in [6.45, 7) is 2.82. The standard InChI is InChI=1S/C11H11F9O2.C6H5F9O.C5H8O2/c1-2-7(21)3-5-22-6-4-8(12,13)9(14,15)10(16,17)11(18,19)20;7-3(8,1-2-16)4(9,10)5(11,12)6(13,14)15;1-2-5(7)3-4-6/h2H,1,3-6H2;16H,1-2H2;2,6H,1,3-4H2. The van der Waals surface area contributed by atoms with Crippen LogP contribution in [0.25, 0.3) is 0 Å². The Balaban J connectivity index is -0.000000667. The molecule has 0 rings (SSSR count). The zero-order chi connectivity index (χ0) is 36.9. The Labute approximate surface area is 241 Å². The minimum atomic E-state index is -6.90. The fourth-order valence-electron chi connectivity index (χ4n) is 2.06. The molecule has 0 aromatic carbocycles. The number of carbonyl (C=O) groups excluding carboxylic acids is 2. The lowest BCUT2D eigenvalue weighted by Gasteiger charge is -2.33. The molecule has 0 fully saturated rings. The zero-order valence-corrected chi connectivity index (χ0v) is 22.1. The van der Waals surface area contributed by atoms with Gasteiger partial charge in [0.2, 0.25) is 0 Å². The summed E-state index contributed by atoms with van der Waals surface area (Å²) >= 11 is 0. The second-order valence-corrected chi connectivity index (χ2v) is 8.10.